The number of carboxylic acid groups (broad SMARTS) is 3. The first-order valence-corrected chi connectivity index (χ1v) is 13.8. The summed E-state index contributed by atoms with van der Waals surface area (Å²) in [4.78, 5) is 63.0. The molecular weight excluding hydrogens is 574 g/mol. The van der Waals surface area contributed by atoms with Gasteiger partial charge in [-0.25, -0.2) is 44.3 Å². The van der Waals surface area contributed by atoms with Crippen LogP contribution in [0.15, 0.2) is 24.5 Å². The Kier molecular flexibility index (Phi) is 12.2. The van der Waals surface area contributed by atoms with Gasteiger partial charge in [-0.2, -0.15) is 0 Å². The van der Waals surface area contributed by atoms with Crippen molar-refractivity contribution in [2.45, 2.75) is 39.4 Å². The highest BCUT2D eigenvalue weighted by Gasteiger charge is 2.15. The highest BCUT2D eigenvalue weighted by atomic mass is 16.4. The number of hydrogen-bond acceptors (Lipinski definition) is 14. The van der Waals surface area contributed by atoms with Crippen molar-refractivity contribution < 1.29 is 29.7 Å². The largest absolute Gasteiger partial charge is 0.477 e. The minimum absolute atomic E-state index is 0.0670. The lowest BCUT2D eigenvalue weighted by atomic mass is 10.3. The molecule has 0 bridgehead atoms. The molecule has 236 valence electrons. The van der Waals surface area contributed by atoms with Crippen LogP contribution < -0.4 is 16.0 Å². The van der Waals surface area contributed by atoms with E-state index in [1.165, 1.54) is 24.5 Å². The van der Waals surface area contributed by atoms with Gasteiger partial charge in [-0.15, -0.1) is 0 Å². The number of rotatable bonds is 18. The van der Waals surface area contributed by atoms with Crippen molar-refractivity contribution in [3.63, 3.8) is 0 Å². The van der Waals surface area contributed by atoms with E-state index in [0.717, 1.165) is 0 Å². The van der Waals surface area contributed by atoms with E-state index >= 15 is 0 Å². The van der Waals surface area contributed by atoms with Gasteiger partial charge in [0.1, 0.15) is 35.4 Å². The first-order chi connectivity index (χ1) is 20.9. The molecule has 3 rings (SSSR count). The van der Waals surface area contributed by atoms with E-state index in [-0.39, 0.29) is 23.1 Å². The maximum Gasteiger partial charge on any atom is 0.354 e. The van der Waals surface area contributed by atoms with Crippen LogP contribution in [0.1, 0.15) is 63.4 Å². The Balaban J connectivity index is 1.52. The Hall–Kier alpha value is -5.03. The van der Waals surface area contributed by atoms with Crippen LogP contribution >= 0.6 is 0 Å². The molecule has 0 aliphatic carbocycles. The third-order valence-corrected chi connectivity index (χ3v) is 5.95. The summed E-state index contributed by atoms with van der Waals surface area (Å²) in [7, 11) is 3.69. The maximum absolute atomic E-state index is 11.7. The predicted molar refractivity (Wildman–Crippen MR) is 160 cm³/mol. The SMILES string of the molecule is CC(C)Nc1cc(C(=O)O)nc(CN(C)CCNc2cc(C(=O)O)nc(CN(C)CCCNc3cc(C(=O)O)ncn3)n2)n1. The normalized spacial score (nSPS) is 11.2. The minimum atomic E-state index is -1.17. The molecule has 0 spiro atoms. The molecule has 0 saturated carbocycles. The van der Waals surface area contributed by atoms with E-state index in [0.29, 0.717) is 74.8 Å². The fraction of sp³-hybridized carbons (Fsp3) is 0.444. The zero-order valence-electron chi connectivity index (χ0n) is 25.0. The molecule has 0 aliphatic heterocycles. The van der Waals surface area contributed by atoms with E-state index in [1.807, 2.05) is 37.7 Å². The summed E-state index contributed by atoms with van der Waals surface area (Å²) in [6.07, 6.45) is 1.87. The second-order valence-corrected chi connectivity index (χ2v) is 10.3. The fourth-order valence-corrected chi connectivity index (χ4v) is 3.97. The van der Waals surface area contributed by atoms with E-state index < -0.39 is 17.9 Å². The van der Waals surface area contributed by atoms with Crippen molar-refractivity contribution in [3.8, 4) is 0 Å². The van der Waals surface area contributed by atoms with Crippen molar-refractivity contribution in [2.24, 2.45) is 0 Å². The monoisotopic (exact) mass is 611 g/mol. The highest BCUT2D eigenvalue weighted by molar-refractivity contribution is 5.87. The molecule has 6 N–H and O–H groups in total. The Morgan fingerprint density at radius 2 is 1.23 bits per heavy atom. The average molecular weight is 612 g/mol. The van der Waals surface area contributed by atoms with Crippen LogP contribution in [0.4, 0.5) is 17.5 Å². The number of aromatic carboxylic acids is 3. The molecule has 44 heavy (non-hydrogen) atoms. The first-order valence-electron chi connectivity index (χ1n) is 13.8. The van der Waals surface area contributed by atoms with Crippen molar-refractivity contribution in [3.05, 3.63) is 53.3 Å². The van der Waals surface area contributed by atoms with Gasteiger partial charge in [0.25, 0.3) is 0 Å². The predicted octanol–water partition coefficient (Wildman–Crippen LogP) is 1.45. The number of carboxylic acids is 3. The average Bonchev–Trinajstić information content (AvgIpc) is 2.94. The van der Waals surface area contributed by atoms with Gasteiger partial charge in [-0.1, -0.05) is 0 Å². The van der Waals surface area contributed by atoms with E-state index in [4.69, 9.17) is 5.11 Å². The quantitative estimate of drug-likeness (QED) is 0.112. The molecule has 0 radical (unpaired) electrons. The van der Waals surface area contributed by atoms with Gasteiger partial charge in [0, 0.05) is 43.9 Å². The topological polar surface area (TPSA) is 232 Å². The van der Waals surface area contributed by atoms with Gasteiger partial charge in [0.2, 0.25) is 0 Å². The molecule has 0 unspecified atom stereocenters. The molecule has 0 aliphatic rings. The molecule has 0 aromatic carbocycles. The van der Waals surface area contributed by atoms with Crippen molar-refractivity contribution in [1.82, 2.24) is 39.7 Å². The van der Waals surface area contributed by atoms with Gasteiger partial charge in [0.05, 0.1) is 13.1 Å². The number of anilines is 3. The van der Waals surface area contributed by atoms with Crippen molar-refractivity contribution in [2.75, 3.05) is 56.2 Å². The Labute approximate surface area is 253 Å². The number of carbonyl (C=O) groups is 3. The molecule has 0 amide bonds. The van der Waals surface area contributed by atoms with Gasteiger partial charge < -0.3 is 31.3 Å². The van der Waals surface area contributed by atoms with Crippen LogP contribution in [0.5, 0.6) is 0 Å². The summed E-state index contributed by atoms with van der Waals surface area (Å²) in [6.45, 7) is 6.51. The van der Waals surface area contributed by atoms with E-state index in [2.05, 4.69) is 45.9 Å². The number of nitrogens with zero attached hydrogens (tertiary/aromatic N) is 8. The number of nitrogens with one attached hydrogen (secondary N) is 3. The number of hydrogen-bond donors (Lipinski definition) is 6. The molecule has 3 aromatic rings. The highest BCUT2D eigenvalue weighted by Crippen LogP contribution is 2.12. The standard InChI is InChI=1S/C27H37N11O6/c1-16(2)32-22-12-19(27(43)44)34-24(36-22)14-38(4)9-7-29-21-11-18(26(41)42)33-23(35-21)13-37(3)8-5-6-28-20-10-17(25(39)40)30-15-31-20/h10-12,15-16H,5-9,13-14H2,1-4H3,(H,39,40)(H,41,42)(H,43,44)(H,28,30,31)(H,29,33,35)(H,32,34,36). The summed E-state index contributed by atoms with van der Waals surface area (Å²) >= 11 is 0. The van der Waals surface area contributed by atoms with Gasteiger partial charge >= 0.3 is 17.9 Å². The summed E-state index contributed by atoms with van der Waals surface area (Å²) in [5.41, 5.74) is -0.331. The second-order valence-electron chi connectivity index (χ2n) is 10.3. The summed E-state index contributed by atoms with van der Waals surface area (Å²) in [5.74, 6) is -1.55. The van der Waals surface area contributed by atoms with Crippen LogP contribution in [0.3, 0.4) is 0 Å². The molecule has 0 atom stereocenters. The molecule has 0 saturated heterocycles. The molecule has 0 fully saturated rings. The van der Waals surface area contributed by atoms with E-state index in [9.17, 15) is 24.6 Å². The second kappa shape index (κ2) is 16.0. The fourth-order valence-electron chi connectivity index (χ4n) is 3.97. The molecule has 17 nitrogen and oxygen atoms in total. The number of aromatic nitrogens is 6. The summed E-state index contributed by atoms with van der Waals surface area (Å²) in [5, 5.41) is 37.3. The van der Waals surface area contributed by atoms with Crippen LogP contribution in [0.25, 0.3) is 0 Å². The third kappa shape index (κ3) is 11.0. The molecular formula is C27H37N11O6. The minimum Gasteiger partial charge on any atom is -0.477 e. The van der Waals surface area contributed by atoms with Crippen LogP contribution in [-0.2, 0) is 13.1 Å². The number of likely N-dealkylation sites (N-methyl/N-ethyl adjacent to an activating group) is 1. The van der Waals surface area contributed by atoms with E-state index in [1.54, 1.807) is 0 Å². The van der Waals surface area contributed by atoms with Gasteiger partial charge in [-0.3, -0.25) is 9.80 Å². The van der Waals surface area contributed by atoms with Gasteiger partial charge in [-0.05, 0) is 40.9 Å². The summed E-state index contributed by atoms with van der Waals surface area (Å²) < 4.78 is 0. The first kappa shape index (κ1) is 33.5. The maximum atomic E-state index is 11.7. The van der Waals surface area contributed by atoms with Crippen molar-refractivity contribution >= 4 is 35.4 Å². The van der Waals surface area contributed by atoms with Crippen LogP contribution in [0, 0.1) is 0 Å². The van der Waals surface area contributed by atoms with Crippen LogP contribution in [0.2, 0.25) is 0 Å². The molecule has 3 aromatic heterocycles. The smallest absolute Gasteiger partial charge is 0.354 e. The lowest BCUT2D eigenvalue weighted by Crippen LogP contribution is -2.27. The lowest BCUT2D eigenvalue weighted by molar-refractivity contribution is 0.0679. The zero-order valence-corrected chi connectivity index (χ0v) is 25.0. The van der Waals surface area contributed by atoms with Crippen LogP contribution in [-0.4, -0.2) is 119 Å². The van der Waals surface area contributed by atoms with Crippen molar-refractivity contribution in [1.29, 1.82) is 0 Å². The molecule has 17 heteroatoms. The third-order valence-electron chi connectivity index (χ3n) is 5.95. The Morgan fingerprint density at radius 3 is 1.82 bits per heavy atom. The molecule has 3 heterocycles. The summed E-state index contributed by atoms with van der Waals surface area (Å²) in [6, 6.07) is 4.19. The van der Waals surface area contributed by atoms with Gasteiger partial charge in [0.15, 0.2) is 17.1 Å². The lowest BCUT2D eigenvalue weighted by Gasteiger charge is -2.18. The Bertz CT molecular complexity index is 1460. The zero-order chi connectivity index (χ0) is 32.2. The Morgan fingerprint density at radius 1 is 0.705 bits per heavy atom.